The van der Waals surface area contributed by atoms with E-state index in [-0.39, 0.29) is 0 Å². The summed E-state index contributed by atoms with van der Waals surface area (Å²) in [7, 11) is 3.60. The largest absolute Gasteiger partial charge is 0.385 e. The molecule has 0 aliphatic carbocycles. The standard InChI is InChI=1S/C15H18IN3O/c1-17-15-13(16)14(11-7-4-3-5-8-11)18-12(19-15)9-6-10-20-2/h3-5,7-8H,6,9-10H2,1-2H3,(H,17,18,19). The topological polar surface area (TPSA) is 47.0 Å². The minimum absolute atomic E-state index is 0.727. The van der Waals surface area contributed by atoms with Crippen molar-refractivity contribution < 1.29 is 4.74 Å². The molecule has 2 aromatic rings. The molecule has 0 amide bonds. The molecule has 0 unspecified atom stereocenters. The van der Waals surface area contributed by atoms with E-state index >= 15 is 0 Å². The first-order chi connectivity index (χ1) is 9.76. The molecule has 1 aromatic carbocycles. The van der Waals surface area contributed by atoms with Gasteiger partial charge in [-0.1, -0.05) is 30.3 Å². The molecule has 0 bridgehead atoms. The molecule has 106 valence electrons. The number of methoxy groups -OCH3 is 1. The second-order valence-corrected chi connectivity index (χ2v) is 5.44. The predicted molar refractivity (Wildman–Crippen MR) is 89.9 cm³/mol. The van der Waals surface area contributed by atoms with Crippen molar-refractivity contribution in [2.45, 2.75) is 12.8 Å². The molecule has 0 atom stereocenters. The van der Waals surface area contributed by atoms with Crippen LogP contribution in [0.3, 0.4) is 0 Å². The Bertz CT molecular complexity index is 561. The monoisotopic (exact) mass is 383 g/mol. The van der Waals surface area contributed by atoms with Crippen molar-refractivity contribution in [1.82, 2.24) is 9.97 Å². The Hall–Kier alpha value is -1.21. The molecule has 1 heterocycles. The maximum Gasteiger partial charge on any atom is 0.143 e. The van der Waals surface area contributed by atoms with Gasteiger partial charge in [-0.2, -0.15) is 0 Å². The van der Waals surface area contributed by atoms with Gasteiger partial charge in [-0.25, -0.2) is 9.97 Å². The fourth-order valence-electron chi connectivity index (χ4n) is 1.93. The molecule has 20 heavy (non-hydrogen) atoms. The van der Waals surface area contributed by atoms with Crippen LogP contribution in [0.2, 0.25) is 0 Å². The zero-order valence-corrected chi connectivity index (χ0v) is 13.8. The van der Waals surface area contributed by atoms with Gasteiger partial charge in [-0.15, -0.1) is 0 Å². The third kappa shape index (κ3) is 3.67. The Morgan fingerprint density at radius 1 is 1.20 bits per heavy atom. The summed E-state index contributed by atoms with van der Waals surface area (Å²) in [6.45, 7) is 0.727. The highest BCUT2D eigenvalue weighted by atomic mass is 127. The molecule has 0 saturated carbocycles. The van der Waals surface area contributed by atoms with Crippen LogP contribution in [-0.2, 0) is 11.2 Å². The summed E-state index contributed by atoms with van der Waals surface area (Å²) in [6, 6.07) is 10.2. The Balaban J connectivity index is 2.37. The number of rotatable bonds is 6. The summed E-state index contributed by atoms with van der Waals surface area (Å²) in [4.78, 5) is 9.27. The maximum atomic E-state index is 5.09. The summed E-state index contributed by atoms with van der Waals surface area (Å²) in [5.74, 6) is 1.73. The van der Waals surface area contributed by atoms with Crippen molar-refractivity contribution in [3.63, 3.8) is 0 Å². The number of anilines is 1. The van der Waals surface area contributed by atoms with Crippen LogP contribution in [-0.4, -0.2) is 30.7 Å². The lowest BCUT2D eigenvalue weighted by Crippen LogP contribution is -2.06. The zero-order chi connectivity index (χ0) is 14.4. The number of nitrogens with zero attached hydrogens (tertiary/aromatic N) is 2. The van der Waals surface area contributed by atoms with Crippen molar-refractivity contribution in [2.75, 3.05) is 26.1 Å². The summed E-state index contributed by atoms with van der Waals surface area (Å²) >= 11 is 2.29. The number of aromatic nitrogens is 2. The van der Waals surface area contributed by atoms with Gasteiger partial charge in [-0.3, -0.25) is 0 Å². The number of nitrogens with one attached hydrogen (secondary N) is 1. The maximum absolute atomic E-state index is 5.09. The van der Waals surface area contributed by atoms with E-state index in [1.807, 2.05) is 25.2 Å². The average Bonchev–Trinajstić information content (AvgIpc) is 2.49. The fraction of sp³-hybridized carbons (Fsp3) is 0.333. The molecular weight excluding hydrogens is 365 g/mol. The van der Waals surface area contributed by atoms with Gasteiger partial charge in [-0.05, 0) is 29.0 Å². The first-order valence-electron chi connectivity index (χ1n) is 6.54. The van der Waals surface area contributed by atoms with Crippen LogP contribution in [0.5, 0.6) is 0 Å². The summed E-state index contributed by atoms with van der Waals surface area (Å²) in [6.07, 6.45) is 1.74. The van der Waals surface area contributed by atoms with Crippen molar-refractivity contribution in [1.29, 1.82) is 0 Å². The Kier molecular flexibility index (Phi) is 5.72. The lowest BCUT2D eigenvalue weighted by Gasteiger charge is -2.11. The highest BCUT2D eigenvalue weighted by Gasteiger charge is 2.12. The molecule has 4 nitrogen and oxygen atoms in total. The minimum atomic E-state index is 0.727. The van der Waals surface area contributed by atoms with Crippen molar-refractivity contribution in [2.24, 2.45) is 0 Å². The molecule has 5 heteroatoms. The molecule has 0 saturated heterocycles. The molecule has 0 aliphatic heterocycles. The number of benzene rings is 1. The van der Waals surface area contributed by atoms with Crippen LogP contribution >= 0.6 is 22.6 Å². The van der Waals surface area contributed by atoms with Crippen LogP contribution in [0.15, 0.2) is 30.3 Å². The third-order valence-electron chi connectivity index (χ3n) is 2.93. The van der Waals surface area contributed by atoms with E-state index in [1.165, 1.54) is 0 Å². The van der Waals surface area contributed by atoms with Gasteiger partial charge in [0.25, 0.3) is 0 Å². The fourth-order valence-corrected chi connectivity index (χ4v) is 2.76. The highest BCUT2D eigenvalue weighted by Crippen LogP contribution is 2.27. The van der Waals surface area contributed by atoms with Gasteiger partial charge in [0.05, 0.1) is 9.26 Å². The molecule has 2 rings (SSSR count). The molecule has 1 aromatic heterocycles. The van der Waals surface area contributed by atoms with Gasteiger partial charge in [0.2, 0.25) is 0 Å². The van der Waals surface area contributed by atoms with E-state index in [9.17, 15) is 0 Å². The average molecular weight is 383 g/mol. The number of ether oxygens (including phenoxy) is 1. The van der Waals surface area contributed by atoms with E-state index in [0.29, 0.717) is 0 Å². The summed E-state index contributed by atoms with van der Waals surface area (Å²) < 4.78 is 6.13. The van der Waals surface area contributed by atoms with Gasteiger partial charge in [0.1, 0.15) is 11.6 Å². The molecular formula is C15H18IN3O. The van der Waals surface area contributed by atoms with Crippen molar-refractivity contribution in [3.05, 3.63) is 39.7 Å². The van der Waals surface area contributed by atoms with Crippen molar-refractivity contribution in [3.8, 4) is 11.3 Å². The Morgan fingerprint density at radius 3 is 2.60 bits per heavy atom. The van der Waals surface area contributed by atoms with Gasteiger partial charge in [0.15, 0.2) is 0 Å². The van der Waals surface area contributed by atoms with Crippen LogP contribution < -0.4 is 5.32 Å². The lowest BCUT2D eigenvalue weighted by atomic mass is 10.1. The number of hydrogen-bond donors (Lipinski definition) is 1. The summed E-state index contributed by atoms with van der Waals surface area (Å²) in [5.41, 5.74) is 2.10. The number of halogens is 1. The van der Waals surface area contributed by atoms with E-state index < -0.39 is 0 Å². The lowest BCUT2D eigenvalue weighted by molar-refractivity contribution is 0.194. The molecule has 0 radical (unpaired) electrons. The smallest absolute Gasteiger partial charge is 0.143 e. The highest BCUT2D eigenvalue weighted by molar-refractivity contribution is 14.1. The zero-order valence-electron chi connectivity index (χ0n) is 11.7. The Labute approximate surface area is 133 Å². The normalized spacial score (nSPS) is 10.6. The van der Waals surface area contributed by atoms with Crippen LogP contribution in [0, 0.1) is 3.57 Å². The van der Waals surface area contributed by atoms with Crippen LogP contribution in [0.25, 0.3) is 11.3 Å². The van der Waals surface area contributed by atoms with Crippen LogP contribution in [0.1, 0.15) is 12.2 Å². The second kappa shape index (κ2) is 7.54. The van der Waals surface area contributed by atoms with E-state index in [4.69, 9.17) is 9.72 Å². The number of aryl methyl sites for hydroxylation is 1. The summed E-state index contributed by atoms with van der Waals surface area (Å²) in [5, 5.41) is 3.15. The quantitative estimate of drug-likeness (QED) is 0.614. The second-order valence-electron chi connectivity index (χ2n) is 4.36. The van der Waals surface area contributed by atoms with E-state index in [2.05, 4.69) is 45.0 Å². The molecule has 0 aliphatic rings. The van der Waals surface area contributed by atoms with Crippen molar-refractivity contribution >= 4 is 28.4 Å². The van der Waals surface area contributed by atoms with E-state index in [0.717, 1.165) is 45.9 Å². The first-order valence-corrected chi connectivity index (χ1v) is 7.62. The van der Waals surface area contributed by atoms with Gasteiger partial charge >= 0.3 is 0 Å². The van der Waals surface area contributed by atoms with Crippen LogP contribution in [0.4, 0.5) is 5.82 Å². The van der Waals surface area contributed by atoms with Gasteiger partial charge in [0, 0.05) is 32.7 Å². The molecule has 1 N–H and O–H groups in total. The molecule has 0 fully saturated rings. The minimum Gasteiger partial charge on any atom is -0.385 e. The van der Waals surface area contributed by atoms with E-state index in [1.54, 1.807) is 7.11 Å². The molecule has 0 spiro atoms. The SMILES string of the molecule is CNc1nc(CCCOC)nc(-c2ccccc2)c1I. The Morgan fingerprint density at radius 2 is 1.95 bits per heavy atom. The first kappa shape index (κ1) is 15.2. The third-order valence-corrected chi connectivity index (χ3v) is 3.95. The number of hydrogen-bond acceptors (Lipinski definition) is 4. The predicted octanol–water partition coefficient (Wildman–Crippen LogP) is 3.37. The van der Waals surface area contributed by atoms with Gasteiger partial charge < -0.3 is 10.1 Å².